The minimum absolute atomic E-state index is 0.0427. The Balaban J connectivity index is 1.94. The van der Waals surface area contributed by atoms with Gasteiger partial charge in [0.1, 0.15) is 0 Å². The third kappa shape index (κ3) is 4.31. The maximum Gasteiger partial charge on any atom is 0.251 e. The summed E-state index contributed by atoms with van der Waals surface area (Å²) in [5.41, 5.74) is 1.85. The standard InChI is InChI=1S/C15H13BrINO/c16-14(11-5-2-1-3-6-11)10-18-15(19)12-7-4-8-13(17)9-12/h1-9,14H,10H2,(H,18,19). The van der Waals surface area contributed by atoms with Crippen LogP contribution in [0.3, 0.4) is 0 Å². The molecule has 0 saturated heterocycles. The largest absolute Gasteiger partial charge is 0.351 e. The lowest BCUT2D eigenvalue weighted by Crippen LogP contribution is -2.26. The van der Waals surface area contributed by atoms with Crippen molar-refractivity contribution in [2.24, 2.45) is 0 Å². The van der Waals surface area contributed by atoms with Crippen LogP contribution < -0.4 is 5.32 Å². The highest BCUT2D eigenvalue weighted by atomic mass is 127. The molecule has 0 aliphatic heterocycles. The van der Waals surface area contributed by atoms with E-state index >= 15 is 0 Å². The highest BCUT2D eigenvalue weighted by Crippen LogP contribution is 2.21. The third-order valence-electron chi connectivity index (χ3n) is 2.69. The van der Waals surface area contributed by atoms with Gasteiger partial charge in [0, 0.05) is 15.7 Å². The van der Waals surface area contributed by atoms with Crippen molar-refractivity contribution in [1.82, 2.24) is 5.32 Å². The Morgan fingerprint density at radius 1 is 1.16 bits per heavy atom. The van der Waals surface area contributed by atoms with Crippen molar-refractivity contribution in [3.8, 4) is 0 Å². The predicted molar refractivity (Wildman–Crippen MR) is 89.6 cm³/mol. The normalized spacial score (nSPS) is 11.9. The molecular formula is C15H13BrINO. The van der Waals surface area contributed by atoms with E-state index in [1.807, 2.05) is 54.6 Å². The van der Waals surface area contributed by atoms with Gasteiger partial charge in [-0.3, -0.25) is 4.79 Å². The quantitative estimate of drug-likeness (QED) is 0.573. The molecule has 2 aromatic rings. The van der Waals surface area contributed by atoms with E-state index < -0.39 is 0 Å². The molecule has 1 N–H and O–H groups in total. The number of carbonyl (C=O) groups excluding carboxylic acids is 1. The number of carbonyl (C=O) groups is 1. The smallest absolute Gasteiger partial charge is 0.251 e. The van der Waals surface area contributed by atoms with Gasteiger partial charge in [-0.2, -0.15) is 0 Å². The molecule has 98 valence electrons. The fourth-order valence-electron chi connectivity index (χ4n) is 1.69. The van der Waals surface area contributed by atoms with Gasteiger partial charge in [0.05, 0.1) is 4.83 Å². The molecule has 0 aromatic heterocycles. The molecule has 1 amide bonds. The highest BCUT2D eigenvalue weighted by Gasteiger charge is 2.10. The second-order valence-corrected chi connectivity index (χ2v) is 6.45. The Bertz CT molecular complexity index is 559. The zero-order chi connectivity index (χ0) is 13.7. The molecule has 2 rings (SSSR count). The van der Waals surface area contributed by atoms with Gasteiger partial charge in [-0.15, -0.1) is 0 Å². The highest BCUT2D eigenvalue weighted by molar-refractivity contribution is 14.1. The molecule has 2 aromatic carbocycles. The molecule has 0 saturated carbocycles. The van der Waals surface area contributed by atoms with Crippen LogP contribution in [-0.2, 0) is 0 Å². The number of benzene rings is 2. The Labute approximate surface area is 134 Å². The van der Waals surface area contributed by atoms with E-state index in [9.17, 15) is 4.79 Å². The molecule has 1 unspecified atom stereocenters. The molecule has 1 atom stereocenters. The van der Waals surface area contributed by atoms with Crippen LogP contribution in [0, 0.1) is 3.57 Å². The lowest BCUT2D eigenvalue weighted by Gasteiger charge is -2.11. The molecule has 0 heterocycles. The number of halogens is 2. The van der Waals surface area contributed by atoms with E-state index in [0.717, 1.165) is 9.13 Å². The average molecular weight is 430 g/mol. The van der Waals surface area contributed by atoms with Gasteiger partial charge in [-0.05, 0) is 46.4 Å². The first kappa shape index (κ1) is 14.5. The van der Waals surface area contributed by atoms with Crippen LogP contribution in [0.4, 0.5) is 0 Å². The summed E-state index contributed by atoms with van der Waals surface area (Å²) in [6, 6.07) is 17.6. The Kier molecular flexibility index (Phi) is 5.39. The van der Waals surface area contributed by atoms with Crippen LogP contribution in [0.2, 0.25) is 0 Å². The van der Waals surface area contributed by atoms with Gasteiger partial charge in [0.2, 0.25) is 0 Å². The lowest BCUT2D eigenvalue weighted by molar-refractivity contribution is 0.0954. The number of hydrogen-bond donors (Lipinski definition) is 1. The van der Waals surface area contributed by atoms with Crippen molar-refractivity contribution >= 4 is 44.4 Å². The Hall–Kier alpha value is -0.880. The zero-order valence-corrected chi connectivity index (χ0v) is 13.9. The minimum atomic E-state index is -0.0427. The van der Waals surface area contributed by atoms with Crippen LogP contribution >= 0.6 is 38.5 Å². The van der Waals surface area contributed by atoms with E-state index in [1.54, 1.807) is 0 Å². The third-order valence-corrected chi connectivity index (χ3v) is 4.21. The monoisotopic (exact) mass is 429 g/mol. The summed E-state index contributed by atoms with van der Waals surface area (Å²) in [7, 11) is 0. The number of hydrogen-bond acceptors (Lipinski definition) is 1. The molecule has 0 radical (unpaired) electrons. The molecule has 2 nitrogen and oxygen atoms in total. The molecule has 0 aliphatic rings. The summed E-state index contributed by atoms with van der Waals surface area (Å²) in [4.78, 5) is 12.1. The summed E-state index contributed by atoms with van der Waals surface area (Å²) in [5, 5.41) is 2.94. The Morgan fingerprint density at radius 3 is 2.58 bits per heavy atom. The molecule has 0 aliphatic carbocycles. The van der Waals surface area contributed by atoms with Crippen molar-refractivity contribution in [1.29, 1.82) is 0 Å². The van der Waals surface area contributed by atoms with Crippen molar-refractivity contribution in [2.75, 3.05) is 6.54 Å². The molecule has 19 heavy (non-hydrogen) atoms. The van der Waals surface area contributed by atoms with Gasteiger partial charge in [-0.25, -0.2) is 0 Å². The topological polar surface area (TPSA) is 29.1 Å². The van der Waals surface area contributed by atoms with Crippen molar-refractivity contribution in [2.45, 2.75) is 4.83 Å². The second kappa shape index (κ2) is 7.05. The number of alkyl halides is 1. The van der Waals surface area contributed by atoms with Gasteiger partial charge in [0.15, 0.2) is 0 Å². The lowest BCUT2D eigenvalue weighted by atomic mass is 10.1. The van der Waals surface area contributed by atoms with Crippen LogP contribution in [0.25, 0.3) is 0 Å². The minimum Gasteiger partial charge on any atom is -0.351 e. The van der Waals surface area contributed by atoms with Crippen molar-refractivity contribution in [3.05, 3.63) is 69.3 Å². The fourth-order valence-corrected chi connectivity index (χ4v) is 2.70. The fraction of sp³-hybridized carbons (Fsp3) is 0.133. The van der Waals surface area contributed by atoms with E-state index in [-0.39, 0.29) is 10.7 Å². The SMILES string of the molecule is O=C(NCC(Br)c1ccccc1)c1cccc(I)c1. The van der Waals surface area contributed by atoms with E-state index in [0.29, 0.717) is 12.1 Å². The first-order valence-electron chi connectivity index (χ1n) is 5.89. The summed E-state index contributed by atoms with van der Waals surface area (Å²) >= 11 is 5.79. The van der Waals surface area contributed by atoms with Crippen molar-refractivity contribution < 1.29 is 4.79 Å². The molecule has 4 heteroatoms. The van der Waals surface area contributed by atoms with Crippen LogP contribution in [0.1, 0.15) is 20.7 Å². The summed E-state index contributed by atoms with van der Waals surface area (Å²) in [5.74, 6) is -0.0427. The summed E-state index contributed by atoms with van der Waals surface area (Å²) < 4.78 is 1.06. The Morgan fingerprint density at radius 2 is 1.89 bits per heavy atom. The van der Waals surface area contributed by atoms with E-state index in [4.69, 9.17) is 0 Å². The molecule has 0 spiro atoms. The number of rotatable bonds is 4. The predicted octanol–water partition coefficient (Wildman–Crippen LogP) is 4.16. The van der Waals surface area contributed by atoms with Crippen LogP contribution in [-0.4, -0.2) is 12.5 Å². The molecule has 0 bridgehead atoms. The van der Waals surface area contributed by atoms with Crippen molar-refractivity contribution in [3.63, 3.8) is 0 Å². The van der Waals surface area contributed by atoms with Crippen LogP contribution in [0.15, 0.2) is 54.6 Å². The summed E-state index contributed by atoms with van der Waals surface area (Å²) in [6.45, 7) is 0.564. The molecular weight excluding hydrogens is 417 g/mol. The summed E-state index contributed by atoms with van der Waals surface area (Å²) in [6.07, 6.45) is 0. The van der Waals surface area contributed by atoms with E-state index in [2.05, 4.69) is 43.8 Å². The zero-order valence-electron chi connectivity index (χ0n) is 10.1. The number of nitrogens with one attached hydrogen (secondary N) is 1. The van der Waals surface area contributed by atoms with Gasteiger partial charge >= 0.3 is 0 Å². The average Bonchev–Trinajstić information content (AvgIpc) is 2.45. The van der Waals surface area contributed by atoms with Crippen LogP contribution in [0.5, 0.6) is 0 Å². The second-order valence-electron chi connectivity index (χ2n) is 4.10. The van der Waals surface area contributed by atoms with E-state index in [1.165, 1.54) is 0 Å². The maximum atomic E-state index is 12.0. The van der Waals surface area contributed by atoms with Gasteiger partial charge < -0.3 is 5.32 Å². The van der Waals surface area contributed by atoms with Gasteiger partial charge in [-0.1, -0.05) is 52.3 Å². The first-order valence-corrected chi connectivity index (χ1v) is 7.89. The molecule has 0 fully saturated rings. The number of amides is 1. The maximum absolute atomic E-state index is 12.0. The van der Waals surface area contributed by atoms with Gasteiger partial charge in [0.25, 0.3) is 5.91 Å². The first-order chi connectivity index (χ1) is 9.16.